The minimum absolute atomic E-state index is 0.0232. The summed E-state index contributed by atoms with van der Waals surface area (Å²) in [7, 11) is -3.48. The number of morpholine rings is 1. The summed E-state index contributed by atoms with van der Waals surface area (Å²) < 4.78 is 31.5. The molecular weight excluding hydrogens is 304 g/mol. The van der Waals surface area contributed by atoms with Crippen LogP contribution < -0.4 is 5.32 Å². The number of nitrogens with zero attached hydrogens (tertiary/aromatic N) is 1. The van der Waals surface area contributed by atoms with Gasteiger partial charge in [0, 0.05) is 24.7 Å². The zero-order valence-corrected chi connectivity index (χ0v) is 13.1. The van der Waals surface area contributed by atoms with E-state index in [2.05, 4.69) is 5.32 Å². The van der Waals surface area contributed by atoms with Crippen molar-refractivity contribution in [1.82, 2.24) is 4.31 Å². The number of sulfonamides is 1. The van der Waals surface area contributed by atoms with Crippen molar-refractivity contribution in [3.63, 3.8) is 0 Å². The molecule has 0 spiro atoms. The molecule has 3 rings (SSSR count). The summed E-state index contributed by atoms with van der Waals surface area (Å²) in [6.45, 7) is 1.61. The molecule has 6 nitrogen and oxygen atoms in total. The lowest BCUT2D eigenvalue weighted by Gasteiger charge is -2.26. The first-order valence-electron chi connectivity index (χ1n) is 7.56. The zero-order valence-electron chi connectivity index (χ0n) is 12.3. The van der Waals surface area contributed by atoms with Gasteiger partial charge >= 0.3 is 0 Å². The normalized spacial score (nSPS) is 20.4. The van der Waals surface area contributed by atoms with E-state index in [0.717, 1.165) is 19.3 Å². The molecule has 0 atom stereocenters. The van der Waals surface area contributed by atoms with E-state index in [1.165, 1.54) is 4.31 Å². The number of hydrogen-bond acceptors (Lipinski definition) is 4. The molecule has 1 saturated heterocycles. The minimum Gasteiger partial charge on any atom is -0.379 e. The summed E-state index contributed by atoms with van der Waals surface area (Å²) >= 11 is 0. The Bertz CT molecular complexity index is 632. The third kappa shape index (κ3) is 3.16. The predicted molar refractivity (Wildman–Crippen MR) is 82.0 cm³/mol. The van der Waals surface area contributed by atoms with E-state index in [9.17, 15) is 13.2 Å². The number of carbonyl (C=O) groups is 1. The van der Waals surface area contributed by atoms with Crippen LogP contribution in [-0.2, 0) is 19.6 Å². The van der Waals surface area contributed by atoms with Crippen molar-refractivity contribution in [2.45, 2.75) is 24.2 Å². The maximum Gasteiger partial charge on any atom is 0.243 e. The van der Waals surface area contributed by atoms with E-state index in [0.29, 0.717) is 32.0 Å². The van der Waals surface area contributed by atoms with Crippen LogP contribution in [0.2, 0.25) is 0 Å². The number of ether oxygens (including phenoxy) is 1. The molecule has 2 fully saturated rings. The maximum absolute atomic E-state index is 12.5. The Kier molecular flexibility index (Phi) is 4.46. The fourth-order valence-electron chi connectivity index (χ4n) is 2.56. The van der Waals surface area contributed by atoms with Gasteiger partial charge in [-0.2, -0.15) is 4.31 Å². The highest BCUT2D eigenvalue weighted by molar-refractivity contribution is 7.89. The number of carbonyl (C=O) groups excluding carboxylic acids is 1. The fraction of sp³-hybridized carbons (Fsp3) is 0.533. The molecule has 1 N–H and O–H groups in total. The average molecular weight is 324 g/mol. The summed E-state index contributed by atoms with van der Waals surface area (Å²) in [5.41, 5.74) is 0.637. The lowest BCUT2D eigenvalue weighted by Crippen LogP contribution is -2.40. The van der Waals surface area contributed by atoms with Crippen LogP contribution in [0.5, 0.6) is 0 Å². The first-order chi connectivity index (χ1) is 10.6. The van der Waals surface area contributed by atoms with Crippen molar-refractivity contribution >= 4 is 21.6 Å². The van der Waals surface area contributed by atoms with Gasteiger partial charge < -0.3 is 10.1 Å². The van der Waals surface area contributed by atoms with Gasteiger partial charge in [-0.05, 0) is 37.1 Å². The first kappa shape index (κ1) is 15.5. The van der Waals surface area contributed by atoms with Crippen molar-refractivity contribution < 1.29 is 17.9 Å². The van der Waals surface area contributed by atoms with Crippen LogP contribution in [0, 0.1) is 5.92 Å². The Hall–Kier alpha value is -1.44. The van der Waals surface area contributed by atoms with E-state index >= 15 is 0 Å². The lowest BCUT2D eigenvalue weighted by atomic mass is 9.85. The maximum atomic E-state index is 12.5. The lowest BCUT2D eigenvalue weighted by molar-refractivity contribution is -0.122. The van der Waals surface area contributed by atoms with Gasteiger partial charge in [-0.1, -0.05) is 6.42 Å². The van der Waals surface area contributed by atoms with Crippen LogP contribution in [0.4, 0.5) is 5.69 Å². The van der Waals surface area contributed by atoms with Gasteiger partial charge in [-0.25, -0.2) is 8.42 Å². The summed E-state index contributed by atoms with van der Waals surface area (Å²) in [6, 6.07) is 6.37. The molecule has 0 bridgehead atoms. The second kappa shape index (κ2) is 6.36. The van der Waals surface area contributed by atoms with Crippen molar-refractivity contribution in [3.8, 4) is 0 Å². The Morgan fingerprint density at radius 2 is 1.77 bits per heavy atom. The molecule has 1 aliphatic heterocycles. The molecule has 1 aliphatic carbocycles. The first-order valence-corrected chi connectivity index (χ1v) is 9.00. The highest BCUT2D eigenvalue weighted by Crippen LogP contribution is 2.28. The smallest absolute Gasteiger partial charge is 0.243 e. The Morgan fingerprint density at radius 1 is 1.14 bits per heavy atom. The highest BCUT2D eigenvalue weighted by atomic mass is 32.2. The van der Waals surface area contributed by atoms with E-state index < -0.39 is 10.0 Å². The zero-order chi connectivity index (χ0) is 15.6. The van der Waals surface area contributed by atoms with Crippen molar-refractivity contribution in [2.24, 2.45) is 5.92 Å². The third-order valence-electron chi connectivity index (χ3n) is 4.21. The topological polar surface area (TPSA) is 75.7 Å². The van der Waals surface area contributed by atoms with Crippen LogP contribution in [-0.4, -0.2) is 44.9 Å². The summed E-state index contributed by atoms with van der Waals surface area (Å²) in [6.07, 6.45) is 2.99. The molecule has 1 aromatic rings. The third-order valence-corrected chi connectivity index (χ3v) is 6.12. The van der Waals surface area contributed by atoms with Crippen LogP contribution in [0.15, 0.2) is 29.2 Å². The second-order valence-corrected chi connectivity index (χ2v) is 7.60. The van der Waals surface area contributed by atoms with Crippen LogP contribution >= 0.6 is 0 Å². The average Bonchev–Trinajstić information content (AvgIpc) is 2.47. The summed E-state index contributed by atoms with van der Waals surface area (Å²) in [5, 5.41) is 2.83. The molecule has 7 heteroatoms. The predicted octanol–water partition coefficient (Wildman–Crippen LogP) is 1.45. The van der Waals surface area contributed by atoms with Gasteiger partial charge in [0.05, 0.1) is 18.1 Å². The molecule has 1 heterocycles. The molecule has 0 aromatic heterocycles. The Balaban J connectivity index is 1.68. The molecule has 1 amide bonds. The summed E-state index contributed by atoms with van der Waals surface area (Å²) in [4.78, 5) is 12.1. The van der Waals surface area contributed by atoms with Gasteiger partial charge in [0.25, 0.3) is 0 Å². The minimum atomic E-state index is -3.48. The second-order valence-electron chi connectivity index (χ2n) is 5.66. The van der Waals surface area contributed by atoms with Gasteiger partial charge in [-0.15, -0.1) is 0 Å². The largest absolute Gasteiger partial charge is 0.379 e. The number of hydrogen-bond donors (Lipinski definition) is 1. The molecule has 1 saturated carbocycles. The molecular formula is C15H20N2O4S. The van der Waals surface area contributed by atoms with Crippen molar-refractivity contribution in [1.29, 1.82) is 0 Å². The highest BCUT2D eigenvalue weighted by Gasteiger charge is 2.27. The van der Waals surface area contributed by atoms with Crippen LogP contribution in [0.3, 0.4) is 0 Å². The van der Waals surface area contributed by atoms with Gasteiger partial charge in [0.15, 0.2) is 0 Å². The van der Waals surface area contributed by atoms with Crippen molar-refractivity contribution in [2.75, 3.05) is 31.6 Å². The standard InChI is InChI=1S/C15H20N2O4S/c18-15(12-2-1-3-12)16-13-4-6-14(7-5-13)22(19,20)17-8-10-21-11-9-17/h4-7,12H,1-3,8-11H2,(H,16,18). The molecule has 120 valence electrons. The van der Waals surface area contributed by atoms with Gasteiger partial charge in [-0.3, -0.25) is 4.79 Å². The summed E-state index contributed by atoms with van der Waals surface area (Å²) in [5.74, 6) is 0.131. The molecule has 0 radical (unpaired) electrons. The quantitative estimate of drug-likeness (QED) is 0.909. The van der Waals surface area contributed by atoms with Gasteiger partial charge in [0.2, 0.25) is 15.9 Å². The van der Waals surface area contributed by atoms with E-state index in [4.69, 9.17) is 4.74 Å². The van der Waals surface area contributed by atoms with Crippen LogP contribution in [0.1, 0.15) is 19.3 Å². The van der Waals surface area contributed by atoms with E-state index in [-0.39, 0.29) is 16.7 Å². The molecule has 1 aromatic carbocycles. The number of rotatable bonds is 4. The van der Waals surface area contributed by atoms with E-state index in [1.807, 2.05) is 0 Å². The fourth-order valence-corrected chi connectivity index (χ4v) is 3.97. The number of anilines is 1. The monoisotopic (exact) mass is 324 g/mol. The molecule has 0 unspecified atom stereocenters. The number of amides is 1. The van der Waals surface area contributed by atoms with Crippen LogP contribution in [0.25, 0.3) is 0 Å². The van der Waals surface area contributed by atoms with Crippen molar-refractivity contribution in [3.05, 3.63) is 24.3 Å². The SMILES string of the molecule is O=C(Nc1ccc(S(=O)(=O)N2CCOCC2)cc1)C1CCC1. The Morgan fingerprint density at radius 3 is 2.32 bits per heavy atom. The van der Waals surface area contributed by atoms with Gasteiger partial charge in [0.1, 0.15) is 0 Å². The molecule has 22 heavy (non-hydrogen) atoms. The number of nitrogens with one attached hydrogen (secondary N) is 1. The Labute approximate surface area is 130 Å². The molecule has 2 aliphatic rings. The van der Waals surface area contributed by atoms with E-state index in [1.54, 1.807) is 24.3 Å². The number of benzene rings is 1.